The Morgan fingerprint density at radius 1 is 1.26 bits per heavy atom. The highest BCUT2D eigenvalue weighted by molar-refractivity contribution is 6.70. The number of hydrogen-bond donors (Lipinski definition) is 0. The van der Waals surface area contributed by atoms with Gasteiger partial charge in [-0.05, 0) is 31.2 Å². The summed E-state index contributed by atoms with van der Waals surface area (Å²) in [5.41, 5.74) is 0. The SMILES string of the molecule is CCCC1(OC)C(CC2CO2)CCC[Si]1(OC)OC. The maximum atomic E-state index is 6.11. The van der Waals surface area contributed by atoms with Crippen molar-refractivity contribution in [3.8, 4) is 0 Å². The van der Waals surface area contributed by atoms with Crippen LogP contribution in [0.15, 0.2) is 0 Å². The molecule has 2 heterocycles. The maximum absolute atomic E-state index is 6.11. The summed E-state index contributed by atoms with van der Waals surface area (Å²) >= 11 is 0. The van der Waals surface area contributed by atoms with Gasteiger partial charge in [0.1, 0.15) is 5.22 Å². The molecule has 4 nitrogen and oxygen atoms in total. The summed E-state index contributed by atoms with van der Waals surface area (Å²) in [5.74, 6) is 0.505. The Morgan fingerprint density at radius 2 is 1.95 bits per heavy atom. The molecular formula is C14H28O4Si. The molecule has 3 unspecified atom stereocenters. The molecule has 0 aliphatic carbocycles. The van der Waals surface area contributed by atoms with Gasteiger partial charge in [-0.2, -0.15) is 0 Å². The molecule has 0 aromatic heterocycles. The van der Waals surface area contributed by atoms with Crippen molar-refractivity contribution < 1.29 is 18.3 Å². The van der Waals surface area contributed by atoms with Crippen LogP contribution >= 0.6 is 0 Å². The highest BCUT2D eigenvalue weighted by Gasteiger charge is 2.63. The van der Waals surface area contributed by atoms with Crippen LogP contribution in [0.5, 0.6) is 0 Å². The van der Waals surface area contributed by atoms with E-state index in [-0.39, 0.29) is 5.22 Å². The van der Waals surface area contributed by atoms with Gasteiger partial charge in [0.25, 0.3) is 0 Å². The topological polar surface area (TPSA) is 40.2 Å². The van der Waals surface area contributed by atoms with Crippen LogP contribution in [0.4, 0.5) is 0 Å². The lowest BCUT2D eigenvalue weighted by Gasteiger charge is -2.52. The third kappa shape index (κ3) is 2.63. The van der Waals surface area contributed by atoms with Gasteiger partial charge in [0.2, 0.25) is 0 Å². The Morgan fingerprint density at radius 3 is 2.42 bits per heavy atom. The van der Waals surface area contributed by atoms with Gasteiger partial charge in [-0.3, -0.25) is 0 Å². The van der Waals surface area contributed by atoms with Gasteiger partial charge in [0.05, 0.1) is 12.7 Å². The number of epoxide rings is 1. The Balaban J connectivity index is 2.29. The van der Waals surface area contributed by atoms with Crippen LogP contribution in [0.25, 0.3) is 0 Å². The monoisotopic (exact) mass is 288 g/mol. The Bertz CT molecular complexity index is 291. The smallest absolute Gasteiger partial charge is 0.371 e. The molecule has 0 spiro atoms. The molecule has 2 saturated heterocycles. The zero-order chi connectivity index (χ0) is 13.9. The van der Waals surface area contributed by atoms with Crippen LogP contribution in [-0.2, 0) is 18.3 Å². The van der Waals surface area contributed by atoms with Crippen molar-refractivity contribution in [1.82, 2.24) is 0 Å². The fourth-order valence-electron chi connectivity index (χ4n) is 3.99. The van der Waals surface area contributed by atoms with E-state index in [0.29, 0.717) is 12.0 Å². The van der Waals surface area contributed by atoms with Crippen LogP contribution in [0.1, 0.15) is 39.0 Å². The summed E-state index contributed by atoms with van der Waals surface area (Å²) in [7, 11) is 3.13. The third-order valence-corrected chi connectivity index (χ3v) is 9.44. The van der Waals surface area contributed by atoms with Gasteiger partial charge >= 0.3 is 8.56 Å². The first-order chi connectivity index (χ1) is 9.18. The molecule has 0 radical (unpaired) electrons. The van der Waals surface area contributed by atoms with Crippen molar-refractivity contribution in [2.24, 2.45) is 5.92 Å². The number of ether oxygens (including phenoxy) is 2. The molecular weight excluding hydrogens is 260 g/mol. The molecule has 5 heteroatoms. The second kappa shape index (κ2) is 6.22. The van der Waals surface area contributed by atoms with Gasteiger partial charge < -0.3 is 18.3 Å². The van der Waals surface area contributed by atoms with Crippen molar-refractivity contribution in [3.05, 3.63) is 0 Å². The average molecular weight is 288 g/mol. The van der Waals surface area contributed by atoms with Crippen LogP contribution < -0.4 is 0 Å². The molecule has 0 aromatic carbocycles. The standard InChI is InChI=1S/C14H28O4Si/c1-5-8-14(15-2)12(10-13-11-18-13)7-6-9-19(14,16-3)17-4/h12-13H,5-11H2,1-4H3. The zero-order valence-corrected chi connectivity index (χ0v) is 13.7. The zero-order valence-electron chi connectivity index (χ0n) is 12.7. The number of methoxy groups -OCH3 is 1. The Hall–Kier alpha value is 0.0569. The minimum absolute atomic E-state index is 0.213. The van der Waals surface area contributed by atoms with Crippen LogP contribution in [0.3, 0.4) is 0 Å². The van der Waals surface area contributed by atoms with Gasteiger partial charge in [-0.25, -0.2) is 0 Å². The minimum atomic E-state index is -2.31. The van der Waals surface area contributed by atoms with Gasteiger partial charge in [0, 0.05) is 21.3 Å². The summed E-state index contributed by atoms with van der Waals surface area (Å²) in [4.78, 5) is 0. The maximum Gasteiger partial charge on any atom is 0.371 e. The van der Waals surface area contributed by atoms with Crippen molar-refractivity contribution in [2.45, 2.75) is 56.4 Å². The van der Waals surface area contributed by atoms with Crippen LogP contribution in [0.2, 0.25) is 6.04 Å². The van der Waals surface area contributed by atoms with E-state index in [9.17, 15) is 0 Å². The van der Waals surface area contributed by atoms with Crippen molar-refractivity contribution >= 4 is 8.56 Å². The Kier molecular flexibility index (Phi) is 5.06. The molecule has 0 saturated carbocycles. The molecule has 3 atom stereocenters. The summed E-state index contributed by atoms with van der Waals surface area (Å²) in [6, 6.07) is 1.04. The number of hydrogen-bond acceptors (Lipinski definition) is 4. The summed E-state index contributed by atoms with van der Waals surface area (Å²) in [6.45, 7) is 3.13. The van der Waals surface area contributed by atoms with E-state index in [2.05, 4.69) is 6.92 Å². The first kappa shape index (κ1) is 15.4. The van der Waals surface area contributed by atoms with Crippen molar-refractivity contribution in [3.63, 3.8) is 0 Å². The lowest BCUT2D eigenvalue weighted by atomic mass is 9.88. The van der Waals surface area contributed by atoms with Crippen LogP contribution in [0, 0.1) is 5.92 Å². The summed E-state index contributed by atoms with van der Waals surface area (Å²) in [5, 5.41) is -0.213. The van der Waals surface area contributed by atoms with Gasteiger partial charge in [0.15, 0.2) is 0 Å². The molecule has 19 heavy (non-hydrogen) atoms. The predicted octanol–water partition coefficient (Wildman–Crippen LogP) is 2.64. The van der Waals surface area contributed by atoms with E-state index >= 15 is 0 Å². The molecule has 2 rings (SSSR count). The van der Waals surface area contributed by atoms with Gasteiger partial charge in [-0.15, -0.1) is 0 Å². The largest absolute Gasteiger partial charge is 0.396 e. The van der Waals surface area contributed by atoms with Crippen LogP contribution in [-0.4, -0.2) is 47.8 Å². The van der Waals surface area contributed by atoms with Gasteiger partial charge in [-0.1, -0.05) is 19.8 Å². The summed E-state index contributed by atoms with van der Waals surface area (Å²) < 4.78 is 23.5. The predicted molar refractivity (Wildman–Crippen MR) is 76.3 cm³/mol. The molecule has 2 fully saturated rings. The minimum Gasteiger partial charge on any atom is -0.396 e. The first-order valence-electron chi connectivity index (χ1n) is 7.45. The molecule has 0 bridgehead atoms. The lowest BCUT2D eigenvalue weighted by Crippen LogP contribution is -2.68. The van der Waals surface area contributed by atoms with E-state index in [1.54, 1.807) is 14.2 Å². The fourth-order valence-corrected chi connectivity index (χ4v) is 8.17. The molecule has 2 aliphatic rings. The fraction of sp³-hybridized carbons (Fsp3) is 1.00. The highest BCUT2D eigenvalue weighted by Crippen LogP contribution is 2.49. The van der Waals surface area contributed by atoms with E-state index in [0.717, 1.165) is 31.9 Å². The molecule has 0 amide bonds. The quantitative estimate of drug-likeness (QED) is 0.533. The molecule has 0 aromatic rings. The van der Waals surface area contributed by atoms with E-state index in [1.165, 1.54) is 12.8 Å². The summed E-state index contributed by atoms with van der Waals surface area (Å²) in [6.07, 6.45) is 6.03. The first-order valence-corrected chi connectivity index (χ1v) is 9.47. The lowest BCUT2D eigenvalue weighted by molar-refractivity contribution is -0.0577. The molecule has 2 aliphatic heterocycles. The molecule has 112 valence electrons. The van der Waals surface area contributed by atoms with E-state index in [4.69, 9.17) is 18.3 Å². The highest BCUT2D eigenvalue weighted by atomic mass is 28.4. The average Bonchev–Trinajstić information content (AvgIpc) is 3.25. The second-order valence-electron chi connectivity index (χ2n) is 5.78. The normalized spacial score (nSPS) is 37.3. The van der Waals surface area contributed by atoms with E-state index < -0.39 is 8.56 Å². The van der Waals surface area contributed by atoms with Crippen molar-refractivity contribution in [2.75, 3.05) is 27.9 Å². The number of rotatable bonds is 7. The van der Waals surface area contributed by atoms with E-state index in [1.807, 2.05) is 7.11 Å². The van der Waals surface area contributed by atoms with Crippen molar-refractivity contribution in [1.29, 1.82) is 0 Å². The Labute approximate surface area is 118 Å². The second-order valence-corrected chi connectivity index (χ2v) is 9.45. The third-order valence-electron chi connectivity index (χ3n) is 4.96. The molecule has 0 N–H and O–H groups in total.